The van der Waals surface area contributed by atoms with Crippen LogP contribution in [0, 0.1) is 11.3 Å². The Bertz CT molecular complexity index is 1420. The van der Waals surface area contributed by atoms with E-state index < -0.39 is 29.4 Å². The van der Waals surface area contributed by atoms with Gasteiger partial charge in [-0.05, 0) is 70.1 Å². The average Bonchev–Trinajstić information content (AvgIpc) is 3.47. The summed E-state index contributed by atoms with van der Waals surface area (Å²) in [6, 6.07) is 7.66. The standard InChI is InChI=1S/C32H42N6O4/c1-19(2)27-28(39)33-20(3)29(40)38-17-6-8-24(36-38)30(41)37-16-7-9-26(37)23-13-12-22-11-10-21(18-25(22)34-23)14-15-32(4,5)31(42)35-27/h10-15,18-20,24,26-27,36H,6-9,16-17H2,1-5H3,(H,33,39)(H,35,42)/t20-,24?,26+,27+/m1/s1. The van der Waals surface area contributed by atoms with E-state index in [0.717, 1.165) is 35.0 Å². The van der Waals surface area contributed by atoms with Crippen LogP contribution in [0.3, 0.4) is 0 Å². The Labute approximate surface area is 247 Å². The zero-order valence-corrected chi connectivity index (χ0v) is 25.1. The summed E-state index contributed by atoms with van der Waals surface area (Å²) in [6.07, 6.45) is 6.71. The number of hydrogen-bond acceptors (Lipinski definition) is 6. The fourth-order valence-electron chi connectivity index (χ4n) is 5.94. The van der Waals surface area contributed by atoms with Crippen molar-refractivity contribution in [3.63, 3.8) is 0 Å². The van der Waals surface area contributed by atoms with Crippen LogP contribution in [0.15, 0.2) is 36.4 Å². The lowest BCUT2D eigenvalue weighted by Gasteiger charge is -2.37. The Morgan fingerprint density at radius 1 is 0.952 bits per heavy atom. The monoisotopic (exact) mass is 574 g/mol. The van der Waals surface area contributed by atoms with Crippen molar-refractivity contribution >= 4 is 40.6 Å². The first-order chi connectivity index (χ1) is 19.9. The fourth-order valence-corrected chi connectivity index (χ4v) is 5.94. The number of amides is 4. The van der Waals surface area contributed by atoms with Crippen LogP contribution in [0.2, 0.25) is 0 Å². The van der Waals surface area contributed by atoms with Gasteiger partial charge in [-0.15, -0.1) is 0 Å². The molecule has 4 atom stereocenters. The molecule has 0 saturated carbocycles. The van der Waals surface area contributed by atoms with Gasteiger partial charge in [-0.3, -0.25) is 29.2 Å². The molecule has 5 rings (SSSR count). The molecular weight excluding hydrogens is 532 g/mol. The molecule has 10 heteroatoms. The molecule has 0 radical (unpaired) electrons. The van der Waals surface area contributed by atoms with Gasteiger partial charge in [0.25, 0.3) is 5.91 Å². The molecule has 42 heavy (non-hydrogen) atoms. The number of nitrogens with one attached hydrogen (secondary N) is 3. The summed E-state index contributed by atoms with van der Waals surface area (Å²) in [5, 5.41) is 8.14. The van der Waals surface area contributed by atoms with E-state index in [1.165, 1.54) is 5.01 Å². The van der Waals surface area contributed by atoms with Gasteiger partial charge in [0.2, 0.25) is 17.7 Å². The smallest absolute Gasteiger partial charge is 0.258 e. The number of rotatable bonds is 1. The first-order valence-electron chi connectivity index (χ1n) is 15.0. The molecular formula is C32H42N6O4. The number of nitrogens with zero attached hydrogens (tertiary/aromatic N) is 3. The highest BCUT2D eigenvalue weighted by molar-refractivity contribution is 5.94. The fraction of sp³-hybridized carbons (Fsp3) is 0.531. The second-order valence-electron chi connectivity index (χ2n) is 12.7. The van der Waals surface area contributed by atoms with Crippen LogP contribution in [0.4, 0.5) is 0 Å². The van der Waals surface area contributed by atoms with Crippen molar-refractivity contribution in [2.45, 2.75) is 84.5 Å². The largest absolute Gasteiger partial charge is 0.343 e. The third-order valence-electron chi connectivity index (χ3n) is 8.61. The lowest BCUT2D eigenvalue weighted by Crippen LogP contribution is -2.62. The number of carbonyl (C=O) groups is 4. The van der Waals surface area contributed by atoms with E-state index in [9.17, 15) is 19.2 Å². The summed E-state index contributed by atoms with van der Waals surface area (Å²) in [5.41, 5.74) is 4.81. The van der Waals surface area contributed by atoms with Crippen LogP contribution in [-0.4, -0.2) is 69.7 Å². The van der Waals surface area contributed by atoms with Gasteiger partial charge in [-0.25, -0.2) is 5.43 Å². The Morgan fingerprint density at radius 2 is 1.69 bits per heavy atom. The molecule has 0 aliphatic carbocycles. The zero-order valence-electron chi connectivity index (χ0n) is 25.1. The molecule has 4 amide bonds. The summed E-state index contributed by atoms with van der Waals surface area (Å²) in [6.45, 7) is 10.0. The zero-order chi connectivity index (χ0) is 30.2. The summed E-state index contributed by atoms with van der Waals surface area (Å²) >= 11 is 0. The van der Waals surface area contributed by atoms with E-state index in [1.54, 1.807) is 20.8 Å². The third kappa shape index (κ3) is 6.04. The molecule has 224 valence electrons. The molecule has 1 aromatic heterocycles. The second kappa shape index (κ2) is 11.8. The molecule has 2 aromatic rings. The third-order valence-corrected chi connectivity index (χ3v) is 8.61. The van der Waals surface area contributed by atoms with Crippen LogP contribution in [0.25, 0.3) is 17.0 Å². The summed E-state index contributed by atoms with van der Waals surface area (Å²) in [7, 11) is 0. The molecule has 2 saturated heterocycles. The van der Waals surface area contributed by atoms with Crippen LogP contribution >= 0.6 is 0 Å². The van der Waals surface area contributed by atoms with E-state index in [2.05, 4.69) is 16.1 Å². The van der Waals surface area contributed by atoms with Crippen molar-refractivity contribution in [1.29, 1.82) is 0 Å². The van der Waals surface area contributed by atoms with Crippen molar-refractivity contribution in [1.82, 2.24) is 31.0 Å². The predicted octanol–water partition coefficient (Wildman–Crippen LogP) is 3.09. The average molecular weight is 575 g/mol. The Hall–Kier alpha value is -3.79. The number of fused-ring (bicyclic) bond motifs is 6. The molecule has 1 unspecified atom stereocenters. The topological polar surface area (TPSA) is 124 Å². The van der Waals surface area contributed by atoms with Crippen LogP contribution in [0.1, 0.15) is 77.6 Å². The minimum absolute atomic E-state index is 0.0408. The van der Waals surface area contributed by atoms with Gasteiger partial charge in [0.15, 0.2) is 0 Å². The lowest BCUT2D eigenvalue weighted by molar-refractivity contribution is -0.146. The minimum Gasteiger partial charge on any atom is -0.343 e. The van der Waals surface area contributed by atoms with Gasteiger partial charge in [-0.2, -0.15) is 0 Å². The van der Waals surface area contributed by atoms with Gasteiger partial charge in [-0.1, -0.05) is 44.2 Å². The molecule has 2 fully saturated rings. The van der Waals surface area contributed by atoms with Gasteiger partial charge >= 0.3 is 0 Å². The number of aromatic nitrogens is 1. The van der Waals surface area contributed by atoms with E-state index in [0.29, 0.717) is 25.9 Å². The van der Waals surface area contributed by atoms with Gasteiger partial charge < -0.3 is 15.5 Å². The molecule has 3 N–H and O–H groups in total. The van der Waals surface area contributed by atoms with E-state index in [1.807, 2.05) is 61.2 Å². The van der Waals surface area contributed by atoms with Crippen molar-refractivity contribution < 1.29 is 19.2 Å². The van der Waals surface area contributed by atoms with Crippen LogP contribution in [-0.2, 0) is 19.2 Å². The number of benzene rings is 1. The van der Waals surface area contributed by atoms with Gasteiger partial charge in [0, 0.05) is 18.5 Å². The van der Waals surface area contributed by atoms with E-state index in [4.69, 9.17) is 4.98 Å². The van der Waals surface area contributed by atoms with Crippen molar-refractivity contribution in [2.75, 3.05) is 13.1 Å². The van der Waals surface area contributed by atoms with E-state index >= 15 is 0 Å². The van der Waals surface area contributed by atoms with Crippen LogP contribution in [0.5, 0.6) is 0 Å². The predicted molar refractivity (Wildman–Crippen MR) is 160 cm³/mol. The lowest BCUT2D eigenvalue weighted by atomic mass is 9.89. The Morgan fingerprint density at radius 3 is 2.45 bits per heavy atom. The van der Waals surface area contributed by atoms with E-state index in [-0.39, 0.29) is 29.7 Å². The SMILES string of the molecule is CC(C)[C@@H]1NC(=O)C(C)(C)C=Cc2ccc3ccc(nc3c2)[C@@H]2CCCN2C(=O)C2CCCN(N2)C(=O)[C@@H](C)NC1=O. The molecule has 3 aliphatic rings. The molecule has 10 nitrogen and oxygen atoms in total. The maximum Gasteiger partial charge on any atom is 0.258 e. The highest BCUT2D eigenvalue weighted by atomic mass is 16.2. The highest BCUT2D eigenvalue weighted by Crippen LogP contribution is 2.33. The van der Waals surface area contributed by atoms with Gasteiger partial charge in [0.05, 0.1) is 22.7 Å². The summed E-state index contributed by atoms with van der Waals surface area (Å²) < 4.78 is 0. The molecule has 4 heterocycles. The maximum absolute atomic E-state index is 13.8. The molecule has 5 bridgehead atoms. The summed E-state index contributed by atoms with van der Waals surface area (Å²) in [4.78, 5) is 60.7. The molecule has 3 aliphatic heterocycles. The van der Waals surface area contributed by atoms with Crippen molar-refractivity contribution in [3.05, 3.63) is 47.7 Å². The number of hydrazine groups is 1. The highest BCUT2D eigenvalue weighted by Gasteiger charge is 2.38. The first-order valence-corrected chi connectivity index (χ1v) is 15.0. The molecule has 0 spiro atoms. The van der Waals surface area contributed by atoms with Crippen molar-refractivity contribution in [2.24, 2.45) is 11.3 Å². The summed E-state index contributed by atoms with van der Waals surface area (Å²) in [5.74, 6) is -1.29. The van der Waals surface area contributed by atoms with Crippen molar-refractivity contribution in [3.8, 4) is 0 Å². The number of carbonyl (C=O) groups excluding carboxylic acids is 4. The molecule has 1 aromatic carbocycles. The Kier molecular flexibility index (Phi) is 8.37. The first kappa shape index (κ1) is 29.7. The quantitative estimate of drug-likeness (QED) is 0.481. The van der Waals surface area contributed by atoms with Gasteiger partial charge in [0.1, 0.15) is 18.1 Å². The van der Waals surface area contributed by atoms with Crippen LogP contribution < -0.4 is 16.1 Å². The maximum atomic E-state index is 13.8. The minimum atomic E-state index is -0.907. The normalized spacial score (nSPS) is 27.3. The Balaban J connectivity index is 1.53. The number of hydrogen-bond donors (Lipinski definition) is 3. The number of pyridine rings is 1. The second-order valence-corrected chi connectivity index (χ2v) is 12.7.